The summed E-state index contributed by atoms with van der Waals surface area (Å²) in [4.78, 5) is 30.5. The van der Waals surface area contributed by atoms with E-state index in [0.29, 0.717) is 31.5 Å². The molecule has 0 saturated heterocycles. The van der Waals surface area contributed by atoms with Crippen molar-refractivity contribution in [1.82, 2.24) is 20.7 Å². The lowest BCUT2D eigenvalue weighted by molar-refractivity contribution is -0.121. The van der Waals surface area contributed by atoms with E-state index in [-0.39, 0.29) is 11.8 Å². The van der Waals surface area contributed by atoms with Crippen LogP contribution in [0.3, 0.4) is 0 Å². The molecule has 0 unspecified atom stereocenters. The fourth-order valence-corrected chi connectivity index (χ4v) is 2.28. The van der Waals surface area contributed by atoms with E-state index in [1.165, 1.54) is 0 Å². The Morgan fingerprint density at radius 3 is 2.78 bits per heavy atom. The summed E-state index contributed by atoms with van der Waals surface area (Å²) < 4.78 is 0. The monoisotopic (exact) mass is 311 g/mol. The second kappa shape index (κ2) is 6.87. The van der Waals surface area contributed by atoms with Crippen LogP contribution in [0.15, 0.2) is 41.6 Å². The molecule has 0 bridgehead atoms. The van der Waals surface area contributed by atoms with Crippen molar-refractivity contribution in [3.63, 3.8) is 0 Å². The lowest BCUT2D eigenvalue weighted by Crippen LogP contribution is -2.37. The fraction of sp³-hybridized carbons (Fsp3) is 0.250. The van der Waals surface area contributed by atoms with E-state index in [1.54, 1.807) is 6.20 Å². The Bertz CT molecular complexity index is 736. The molecule has 2 heterocycles. The molecule has 1 aromatic heterocycles. The number of aromatic amines is 1. The summed E-state index contributed by atoms with van der Waals surface area (Å²) >= 11 is 0. The van der Waals surface area contributed by atoms with E-state index >= 15 is 0 Å². The van der Waals surface area contributed by atoms with Crippen LogP contribution in [0, 0.1) is 0 Å². The molecule has 2 amide bonds. The maximum Gasteiger partial charge on any atom is 0.267 e. The van der Waals surface area contributed by atoms with Gasteiger partial charge in [0.15, 0.2) is 0 Å². The van der Waals surface area contributed by atoms with E-state index in [2.05, 4.69) is 25.8 Å². The maximum absolute atomic E-state index is 11.9. The fourth-order valence-electron chi connectivity index (χ4n) is 2.28. The van der Waals surface area contributed by atoms with Crippen molar-refractivity contribution in [3.8, 4) is 11.4 Å². The number of nitrogens with zero attached hydrogens (tertiary/aromatic N) is 2. The predicted octanol–water partition coefficient (Wildman–Crippen LogP) is 1.00. The number of hydrazone groups is 1. The zero-order valence-corrected chi connectivity index (χ0v) is 12.5. The molecule has 0 saturated carbocycles. The molecule has 2 aromatic rings. The van der Waals surface area contributed by atoms with Gasteiger partial charge in [0.2, 0.25) is 5.91 Å². The number of rotatable bonds is 5. The van der Waals surface area contributed by atoms with Crippen LogP contribution in [0.5, 0.6) is 0 Å². The second-order valence-electron chi connectivity index (χ2n) is 5.22. The average molecular weight is 311 g/mol. The summed E-state index contributed by atoms with van der Waals surface area (Å²) in [6.07, 6.45) is 3.09. The largest absolute Gasteiger partial charge is 0.351 e. The molecule has 1 aromatic carbocycles. The SMILES string of the molecule is O=C1CCC(C(=O)NCCc2cnc(-c3ccccc3)[nH]2)=NN1. The number of hydrogen-bond donors (Lipinski definition) is 3. The molecule has 0 radical (unpaired) electrons. The van der Waals surface area contributed by atoms with Gasteiger partial charge in [-0.2, -0.15) is 5.10 Å². The van der Waals surface area contributed by atoms with Crippen LogP contribution in [0.25, 0.3) is 11.4 Å². The Hall–Kier alpha value is -2.96. The molecule has 3 N–H and O–H groups in total. The number of carbonyl (C=O) groups excluding carboxylic acids is 2. The molecule has 0 aliphatic carbocycles. The van der Waals surface area contributed by atoms with Crippen molar-refractivity contribution in [2.24, 2.45) is 5.10 Å². The van der Waals surface area contributed by atoms with E-state index in [9.17, 15) is 9.59 Å². The molecule has 1 aliphatic heterocycles. The van der Waals surface area contributed by atoms with Crippen molar-refractivity contribution in [2.45, 2.75) is 19.3 Å². The quantitative estimate of drug-likeness (QED) is 0.768. The number of amides is 2. The van der Waals surface area contributed by atoms with Gasteiger partial charge in [0, 0.05) is 43.3 Å². The highest BCUT2D eigenvalue weighted by molar-refractivity contribution is 6.39. The predicted molar refractivity (Wildman–Crippen MR) is 85.5 cm³/mol. The topological polar surface area (TPSA) is 99.2 Å². The summed E-state index contributed by atoms with van der Waals surface area (Å²) in [7, 11) is 0. The van der Waals surface area contributed by atoms with Gasteiger partial charge in [0.25, 0.3) is 5.91 Å². The van der Waals surface area contributed by atoms with Crippen LogP contribution >= 0.6 is 0 Å². The smallest absolute Gasteiger partial charge is 0.267 e. The number of carbonyl (C=O) groups is 2. The van der Waals surface area contributed by atoms with Crippen LogP contribution in [0.4, 0.5) is 0 Å². The summed E-state index contributed by atoms with van der Waals surface area (Å²) in [5.41, 5.74) is 4.65. The molecule has 7 heteroatoms. The van der Waals surface area contributed by atoms with Gasteiger partial charge in [-0.25, -0.2) is 10.4 Å². The van der Waals surface area contributed by atoms with Gasteiger partial charge in [0.1, 0.15) is 11.5 Å². The van der Waals surface area contributed by atoms with Gasteiger partial charge in [0.05, 0.1) is 0 Å². The van der Waals surface area contributed by atoms with Gasteiger partial charge in [-0.3, -0.25) is 9.59 Å². The highest BCUT2D eigenvalue weighted by Gasteiger charge is 2.17. The van der Waals surface area contributed by atoms with Gasteiger partial charge < -0.3 is 10.3 Å². The van der Waals surface area contributed by atoms with Crippen molar-refractivity contribution in [1.29, 1.82) is 0 Å². The summed E-state index contributed by atoms with van der Waals surface area (Å²) in [6.45, 7) is 0.474. The lowest BCUT2D eigenvalue weighted by atomic mass is 10.1. The molecule has 118 valence electrons. The summed E-state index contributed by atoms with van der Waals surface area (Å²) in [5, 5.41) is 6.56. The number of imidazole rings is 1. The van der Waals surface area contributed by atoms with E-state index < -0.39 is 0 Å². The second-order valence-corrected chi connectivity index (χ2v) is 5.22. The van der Waals surface area contributed by atoms with Crippen molar-refractivity contribution < 1.29 is 9.59 Å². The Labute approximate surface area is 133 Å². The first-order chi connectivity index (χ1) is 11.2. The highest BCUT2D eigenvalue weighted by Crippen LogP contribution is 2.14. The Morgan fingerprint density at radius 1 is 1.22 bits per heavy atom. The minimum atomic E-state index is -0.243. The molecule has 23 heavy (non-hydrogen) atoms. The minimum absolute atomic E-state index is 0.160. The zero-order valence-electron chi connectivity index (χ0n) is 12.5. The standard InChI is InChI=1S/C16H17N5O2/c22-14-7-6-13(20-21-14)16(23)17-9-8-12-10-18-15(19-12)11-4-2-1-3-5-11/h1-5,10H,6-9H2,(H,17,23)(H,18,19)(H,21,22). The minimum Gasteiger partial charge on any atom is -0.351 e. The first kappa shape index (κ1) is 15.0. The van der Waals surface area contributed by atoms with Crippen molar-refractivity contribution in [3.05, 3.63) is 42.2 Å². The number of hydrogen-bond acceptors (Lipinski definition) is 4. The Morgan fingerprint density at radius 2 is 2.04 bits per heavy atom. The molecule has 0 fully saturated rings. The third-order valence-corrected chi connectivity index (χ3v) is 3.52. The van der Waals surface area contributed by atoms with Crippen molar-refractivity contribution in [2.75, 3.05) is 6.54 Å². The van der Waals surface area contributed by atoms with Crippen LogP contribution in [0.1, 0.15) is 18.5 Å². The zero-order chi connectivity index (χ0) is 16.1. The van der Waals surface area contributed by atoms with Crippen molar-refractivity contribution >= 4 is 17.5 Å². The number of aromatic nitrogens is 2. The first-order valence-electron chi connectivity index (χ1n) is 7.45. The average Bonchev–Trinajstić information content (AvgIpc) is 3.05. The van der Waals surface area contributed by atoms with Crippen LogP contribution in [0.2, 0.25) is 0 Å². The van der Waals surface area contributed by atoms with Gasteiger partial charge >= 0.3 is 0 Å². The highest BCUT2D eigenvalue weighted by atomic mass is 16.2. The number of nitrogens with one attached hydrogen (secondary N) is 3. The normalized spacial score (nSPS) is 14.1. The van der Waals surface area contributed by atoms with Gasteiger partial charge in [-0.05, 0) is 0 Å². The molecule has 3 rings (SSSR count). The van der Waals surface area contributed by atoms with Gasteiger partial charge in [-0.1, -0.05) is 30.3 Å². The summed E-state index contributed by atoms with van der Waals surface area (Å²) in [5.74, 6) is 0.409. The van der Waals surface area contributed by atoms with Gasteiger partial charge in [-0.15, -0.1) is 0 Å². The van der Waals surface area contributed by atoms with E-state index in [4.69, 9.17) is 0 Å². The molecule has 0 atom stereocenters. The summed E-state index contributed by atoms with van der Waals surface area (Å²) in [6, 6.07) is 9.85. The molecule has 1 aliphatic rings. The van der Waals surface area contributed by atoms with E-state index in [1.807, 2.05) is 30.3 Å². The van der Waals surface area contributed by atoms with E-state index in [0.717, 1.165) is 17.1 Å². The lowest BCUT2D eigenvalue weighted by Gasteiger charge is -2.11. The third kappa shape index (κ3) is 3.82. The molecular formula is C16H17N5O2. The molecule has 7 nitrogen and oxygen atoms in total. The van der Waals surface area contributed by atoms with Crippen LogP contribution in [-0.2, 0) is 16.0 Å². The maximum atomic E-state index is 11.9. The first-order valence-corrected chi connectivity index (χ1v) is 7.45. The Balaban J connectivity index is 1.51. The Kier molecular flexibility index (Phi) is 4.46. The molecule has 0 spiro atoms. The molecular weight excluding hydrogens is 294 g/mol. The van der Waals surface area contributed by atoms with Crippen LogP contribution < -0.4 is 10.7 Å². The number of H-pyrrole nitrogens is 1. The number of benzene rings is 1. The van der Waals surface area contributed by atoms with Crippen LogP contribution in [-0.4, -0.2) is 34.0 Å². The third-order valence-electron chi connectivity index (χ3n) is 3.52.